The molecule has 0 unspecified atom stereocenters. The van der Waals surface area contributed by atoms with Crippen LogP contribution in [0.5, 0.6) is 0 Å². The van der Waals surface area contributed by atoms with E-state index in [2.05, 4.69) is 4.98 Å². The summed E-state index contributed by atoms with van der Waals surface area (Å²) in [7, 11) is 1.48. The fourth-order valence-corrected chi connectivity index (χ4v) is 1.78. The molecule has 0 aliphatic rings. The number of nitrogens with zero attached hydrogens (tertiary/aromatic N) is 2. The van der Waals surface area contributed by atoms with Crippen LogP contribution in [-0.2, 0) is 4.79 Å². The fraction of sp³-hybridized carbons (Fsp3) is 0.167. The minimum atomic E-state index is -1.06. The molecular weight excluding hydrogens is 242 g/mol. The molecule has 0 aliphatic heterocycles. The Kier molecular flexibility index (Phi) is 3.10. The summed E-state index contributed by atoms with van der Waals surface area (Å²) in [4.78, 5) is 15.9. The van der Waals surface area contributed by atoms with Crippen molar-refractivity contribution >= 4 is 22.6 Å². The molecule has 2 aromatic rings. The molecule has 6 heteroatoms. The number of fused-ring (bicyclic) bond motifs is 1. The Morgan fingerprint density at radius 2 is 2.17 bits per heavy atom. The summed E-state index contributed by atoms with van der Waals surface area (Å²) in [6.07, 6.45) is 1.38. The highest BCUT2D eigenvalue weighted by atomic mass is 19.1. The normalized spacial score (nSPS) is 10.6. The summed E-state index contributed by atoms with van der Waals surface area (Å²) in [5.41, 5.74) is 0. The van der Waals surface area contributed by atoms with Crippen LogP contribution in [0.1, 0.15) is 0 Å². The van der Waals surface area contributed by atoms with Crippen molar-refractivity contribution in [2.45, 2.75) is 0 Å². The Hall–Kier alpha value is -2.24. The maximum Gasteiger partial charge on any atom is 0.323 e. The molecule has 0 saturated carbocycles. The summed E-state index contributed by atoms with van der Waals surface area (Å²) in [6.45, 7) is -0.317. The molecule has 1 heterocycles. The molecule has 18 heavy (non-hydrogen) atoms. The van der Waals surface area contributed by atoms with Crippen LogP contribution in [-0.4, -0.2) is 29.7 Å². The van der Waals surface area contributed by atoms with Crippen molar-refractivity contribution in [1.82, 2.24) is 4.98 Å². The number of hydrogen-bond donors (Lipinski definition) is 1. The van der Waals surface area contributed by atoms with Gasteiger partial charge in [-0.25, -0.2) is 13.8 Å². The number of benzene rings is 1. The van der Waals surface area contributed by atoms with Gasteiger partial charge < -0.3 is 10.0 Å². The molecular formula is C12H10F2N2O2. The average Bonchev–Trinajstić information content (AvgIpc) is 2.26. The van der Waals surface area contributed by atoms with Gasteiger partial charge in [-0.3, -0.25) is 4.79 Å². The maximum absolute atomic E-state index is 13.8. The van der Waals surface area contributed by atoms with Gasteiger partial charge in [0.25, 0.3) is 0 Å². The first-order chi connectivity index (χ1) is 8.49. The third-order valence-electron chi connectivity index (χ3n) is 2.49. The van der Waals surface area contributed by atoms with Crippen molar-refractivity contribution in [2.24, 2.45) is 0 Å². The van der Waals surface area contributed by atoms with Crippen LogP contribution in [0.2, 0.25) is 0 Å². The second-order valence-corrected chi connectivity index (χ2v) is 3.87. The Morgan fingerprint density at radius 3 is 2.83 bits per heavy atom. The molecule has 1 aromatic heterocycles. The summed E-state index contributed by atoms with van der Waals surface area (Å²) >= 11 is 0. The van der Waals surface area contributed by atoms with Gasteiger partial charge in [0.15, 0.2) is 0 Å². The first-order valence-electron chi connectivity index (χ1n) is 5.15. The minimum Gasteiger partial charge on any atom is -0.480 e. The molecule has 4 nitrogen and oxygen atoms in total. The number of rotatable bonds is 3. The monoisotopic (exact) mass is 252 g/mol. The van der Waals surface area contributed by atoms with Crippen LogP contribution >= 0.6 is 0 Å². The van der Waals surface area contributed by atoms with E-state index in [0.717, 1.165) is 6.07 Å². The number of aliphatic carboxylic acids is 1. The predicted molar refractivity (Wildman–Crippen MR) is 62.6 cm³/mol. The smallest absolute Gasteiger partial charge is 0.323 e. The van der Waals surface area contributed by atoms with Crippen molar-refractivity contribution in [2.75, 3.05) is 18.5 Å². The highest BCUT2D eigenvalue weighted by Crippen LogP contribution is 2.27. The van der Waals surface area contributed by atoms with Gasteiger partial charge in [-0.2, -0.15) is 0 Å². The van der Waals surface area contributed by atoms with Gasteiger partial charge in [-0.15, -0.1) is 0 Å². The first-order valence-corrected chi connectivity index (χ1v) is 5.15. The predicted octanol–water partition coefficient (Wildman–Crippen LogP) is 2.03. The largest absolute Gasteiger partial charge is 0.480 e. The lowest BCUT2D eigenvalue weighted by atomic mass is 10.1. The van der Waals surface area contributed by atoms with Crippen molar-refractivity contribution in [1.29, 1.82) is 0 Å². The molecule has 0 bridgehead atoms. The van der Waals surface area contributed by atoms with Gasteiger partial charge in [0.2, 0.25) is 0 Å². The molecule has 0 aliphatic carbocycles. The van der Waals surface area contributed by atoms with Crippen molar-refractivity contribution in [3.05, 3.63) is 36.0 Å². The lowest BCUT2D eigenvalue weighted by molar-refractivity contribution is -0.135. The molecule has 0 fully saturated rings. The lowest BCUT2D eigenvalue weighted by Gasteiger charge is -2.17. The topological polar surface area (TPSA) is 53.4 Å². The van der Waals surface area contributed by atoms with E-state index in [1.54, 1.807) is 0 Å². The average molecular weight is 252 g/mol. The fourth-order valence-electron chi connectivity index (χ4n) is 1.78. The van der Waals surface area contributed by atoms with Gasteiger partial charge in [-0.05, 0) is 17.5 Å². The number of hydrogen-bond acceptors (Lipinski definition) is 3. The Labute approximate surface area is 101 Å². The second-order valence-electron chi connectivity index (χ2n) is 3.87. The minimum absolute atomic E-state index is 0.114. The molecule has 94 valence electrons. The Balaban J connectivity index is 2.61. The number of carboxylic acid groups (broad SMARTS) is 1. The molecule has 2 rings (SSSR count). The van der Waals surface area contributed by atoms with E-state index in [4.69, 9.17) is 5.11 Å². The van der Waals surface area contributed by atoms with Crippen LogP contribution in [0, 0.1) is 11.6 Å². The van der Waals surface area contributed by atoms with Crippen molar-refractivity contribution < 1.29 is 18.7 Å². The van der Waals surface area contributed by atoms with Gasteiger partial charge in [0.1, 0.15) is 24.0 Å². The van der Waals surface area contributed by atoms with Crippen molar-refractivity contribution in [3.63, 3.8) is 0 Å². The van der Waals surface area contributed by atoms with Gasteiger partial charge >= 0.3 is 5.97 Å². The highest BCUT2D eigenvalue weighted by molar-refractivity contribution is 5.93. The molecule has 0 saturated heterocycles. The molecule has 0 atom stereocenters. The number of likely N-dealkylation sites (N-methyl/N-ethyl adjacent to an activating group) is 1. The number of carboxylic acids is 1. The zero-order valence-electron chi connectivity index (χ0n) is 9.52. The molecule has 0 amide bonds. The van der Waals surface area contributed by atoms with E-state index in [9.17, 15) is 13.6 Å². The maximum atomic E-state index is 13.8. The summed E-state index contributed by atoms with van der Waals surface area (Å²) in [6, 6.07) is 3.40. The van der Waals surface area contributed by atoms with E-state index < -0.39 is 17.6 Å². The number of anilines is 1. The van der Waals surface area contributed by atoms with Crippen LogP contribution < -0.4 is 4.90 Å². The summed E-state index contributed by atoms with van der Waals surface area (Å²) in [5.74, 6) is -2.32. The van der Waals surface area contributed by atoms with Gasteiger partial charge in [0.05, 0.1) is 5.39 Å². The quantitative estimate of drug-likeness (QED) is 0.908. The van der Waals surface area contributed by atoms with E-state index in [-0.39, 0.29) is 17.7 Å². The first kappa shape index (κ1) is 12.2. The van der Waals surface area contributed by atoms with Crippen LogP contribution in [0.15, 0.2) is 24.4 Å². The number of carbonyl (C=O) groups is 1. The van der Waals surface area contributed by atoms with Crippen LogP contribution in [0.3, 0.4) is 0 Å². The zero-order valence-corrected chi connectivity index (χ0v) is 9.52. The third kappa shape index (κ3) is 2.22. The zero-order chi connectivity index (χ0) is 13.3. The van der Waals surface area contributed by atoms with E-state index in [0.29, 0.717) is 5.39 Å². The Morgan fingerprint density at radius 1 is 1.44 bits per heavy atom. The SMILES string of the molecule is CN(CC(=O)O)c1nccc2cc(F)cc(F)c12. The number of halogens is 2. The van der Waals surface area contributed by atoms with Gasteiger partial charge in [-0.1, -0.05) is 0 Å². The van der Waals surface area contributed by atoms with E-state index >= 15 is 0 Å². The summed E-state index contributed by atoms with van der Waals surface area (Å²) in [5, 5.41) is 9.16. The molecule has 1 N–H and O–H groups in total. The van der Waals surface area contributed by atoms with Crippen LogP contribution in [0.4, 0.5) is 14.6 Å². The Bertz CT molecular complexity index is 616. The molecule has 0 spiro atoms. The van der Waals surface area contributed by atoms with E-state index in [1.165, 1.54) is 30.3 Å². The molecule has 0 radical (unpaired) electrons. The standard InChI is InChI=1S/C12H10F2N2O2/c1-16(6-10(17)18)12-11-7(2-3-15-12)4-8(13)5-9(11)14/h2-5H,6H2,1H3,(H,17,18). The highest BCUT2D eigenvalue weighted by Gasteiger charge is 2.14. The third-order valence-corrected chi connectivity index (χ3v) is 2.49. The van der Waals surface area contributed by atoms with Gasteiger partial charge in [0, 0.05) is 19.3 Å². The lowest BCUT2D eigenvalue weighted by Crippen LogP contribution is -2.26. The number of pyridine rings is 1. The summed E-state index contributed by atoms with van der Waals surface area (Å²) < 4.78 is 26.8. The molecule has 1 aromatic carbocycles. The van der Waals surface area contributed by atoms with E-state index in [1.807, 2.05) is 0 Å². The van der Waals surface area contributed by atoms with Crippen LogP contribution in [0.25, 0.3) is 10.8 Å². The number of aromatic nitrogens is 1. The second kappa shape index (κ2) is 4.56. The van der Waals surface area contributed by atoms with Crippen molar-refractivity contribution in [3.8, 4) is 0 Å².